The van der Waals surface area contributed by atoms with Gasteiger partial charge >= 0.3 is 6.09 Å². The Hall–Kier alpha value is -1.10. The van der Waals surface area contributed by atoms with E-state index in [4.69, 9.17) is 4.74 Å². The molecule has 1 heterocycles. The number of hydrogen-bond donors (Lipinski definition) is 1. The number of ether oxygens (including phenoxy) is 1. The standard InChI is InChI=1S/C13H25N3O2/c1-13(2,3)18-12(17)16-9-5-11(6-10-16)15-8-7-14-4/h14H,5-10H2,1-4H3. The van der Waals surface area contributed by atoms with Crippen LogP contribution in [0.1, 0.15) is 33.6 Å². The number of carbonyl (C=O) groups is 1. The van der Waals surface area contributed by atoms with Gasteiger partial charge in [0.15, 0.2) is 0 Å². The molecule has 1 saturated heterocycles. The van der Waals surface area contributed by atoms with Gasteiger partial charge in [-0.25, -0.2) is 4.79 Å². The molecule has 104 valence electrons. The van der Waals surface area contributed by atoms with Gasteiger partial charge in [-0.15, -0.1) is 0 Å². The van der Waals surface area contributed by atoms with Crippen molar-refractivity contribution in [1.82, 2.24) is 10.2 Å². The van der Waals surface area contributed by atoms with E-state index < -0.39 is 5.60 Å². The highest BCUT2D eigenvalue weighted by molar-refractivity contribution is 5.86. The molecular formula is C13H25N3O2. The summed E-state index contributed by atoms with van der Waals surface area (Å²) in [7, 11) is 1.92. The van der Waals surface area contributed by atoms with Gasteiger partial charge in [0.1, 0.15) is 5.60 Å². The molecule has 0 atom stereocenters. The lowest BCUT2D eigenvalue weighted by atomic mass is 10.1. The van der Waals surface area contributed by atoms with Gasteiger partial charge in [-0.1, -0.05) is 0 Å². The molecule has 1 rings (SSSR count). The van der Waals surface area contributed by atoms with Crippen molar-refractivity contribution in [2.45, 2.75) is 39.2 Å². The fraction of sp³-hybridized carbons (Fsp3) is 0.846. The van der Waals surface area contributed by atoms with Gasteiger partial charge in [0.05, 0.1) is 6.54 Å². The number of aliphatic imine (C=N–C) groups is 1. The predicted octanol–water partition coefficient (Wildman–Crippen LogP) is 1.68. The predicted molar refractivity (Wildman–Crippen MR) is 73.3 cm³/mol. The maximum Gasteiger partial charge on any atom is 0.410 e. The highest BCUT2D eigenvalue weighted by Gasteiger charge is 2.24. The number of likely N-dealkylation sites (tertiary alicyclic amines) is 1. The SMILES string of the molecule is CNCCN=C1CCN(C(=O)OC(C)(C)C)CC1. The van der Waals surface area contributed by atoms with Crippen LogP contribution in [-0.4, -0.2) is 55.5 Å². The molecule has 5 nitrogen and oxygen atoms in total. The van der Waals surface area contributed by atoms with Crippen LogP contribution in [0.15, 0.2) is 4.99 Å². The number of hydrogen-bond acceptors (Lipinski definition) is 4. The molecule has 0 spiro atoms. The number of amides is 1. The Balaban J connectivity index is 2.35. The molecule has 0 bridgehead atoms. The summed E-state index contributed by atoms with van der Waals surface area (Å²) >= 11 is 0. The van der Waals surface area contributed by atoms with E-state index in [2.05, 4.69) is 10.3 Å². The number of nitrogens with zero attached hydrogens (tertiary/aromatic N) is 2. The van der Waals surface area contributed by atoms with Gasteiger partial charge in [-0.3, -0.25) is 4.99 Å². The minimum Gasteiger partial charge on any atom is -0.444 e. The molecule has 1 aliphatic rings. The molecule has 0 unspecified atom stereocenters. The molecule has 1 fully saturated rings. The molecule has 0 aromatic heterocycles. The Labute approximate surface area is 110 Å². The van der Waals surface area contributed by atoms with Crippen LogP contribution in [0.25, 0.3) is 0 Å². The molecular weight excluding hydrogens is 230 g/mol. The van der Waals surface area contributed by atoms with Crippen LogP contribution >= 0.6 is 0 Å². The zero-order chi connectivity index (χ0) is 13.6. The highest BCUT2D eigenvalue weighted by atomic mass is 16.6. The van der Waals surface area contributed by atoms with Crippen LogP contribution in [0.5, 0.6) is 0 Å². The van der Waals surface area contributed by atoms with Crippen LogP contribution in [-0.2, 0) is 4.74 Å². The molecule has 0 radical (unpaired) electrons. The summed E-state index contributed by atoms with van der Waals surface area (Å²) in [5, 5.41) is 3.07. The van der Waals surface area contributed by atoms with E-state index in [1.165, 1.54) is 5.71 Å². The molecule has 0 saturated carbocycles. The van der Waals surface area contributed by atoms with E-state index >= 15 is 0 Å². The third-order valence-electron chi connectivity index (χ3n) is 2.69. The van der Waals surface area contributed by atoms with Gasteiger partial charge in [0.25, 0.3) is 0 Å². The third kappa shape index (κ3) is 5.49. The second kappa shape index (κ2) is 6.73. The first-order chi connectivity index (χ1) is 8.42. The first-order valence-corrected chi connectivity index (χ1v) is 6.57. The number of rotatable bonds is 3. The van der Waals surface area contributed by atoms with E-state index in [9.17, 15) is 4.79 Å². The van der Waals surface area contributed by atoms with Gasteiger partial charge < -0.3 is 15.0 Å². The monoisotopic (exact) mass is 255 g/mol. The summed E-state index contributed by atoms with van der Waals surface area (Å²) in [6.07, 6.45) is 1.52. The van der Waals surface area contributed by atoms with Crippen LogP contribution in [0.4, 0.5) is 4.79 Å². The van der Waals surface area contributed by atoms with Crippen molar-refractivity contribution < 1.29 is 9.53 Å². The van der Waals surface area contributed by atoms with Gasteiger partial charge in [0.2, 0.25) is 0 Å². The fourth-order valence-corrected chi connectivity index (χ4v) is 1.76. The average Bonchev–Trinajstić information content (AvgIpc) is 2.28. The zero-order valence-electron chi connectivity index (χ0n) is 12.0. The lowest BCUT2D eigenvalue weighted by molar-refractivity contribution is 0.0249. The first-order valence-electron chi connectivity index (χ1n) is 6.57. The van der Waals surface area contributed by atoms with Crippen LogP contribution < -0.4 is 5.32 Å². The molecule has 0 aromatic carbocycles. The number of carbonyl (C=O) groups excluding carboxylic acids is 1. The van der Waals surface area contributed by atoms with E-state index in [1.807, 2.05) is 27.8 Å². The van der Waals surface area contributed by atoms with E-state index in [0.29, 0.717) is 13.1 Å². The molecule has 0 aliphatic carbocycles. The molecule has 5 heteroatoms. The second-order valence-electron chi connectivity index (χ2n) is 5.52. The number of piperidine rings is 1. The largest absolute Gasteiger partial charge is 0.444 e. The van der Waals surface area contributed by atoms with Crippen LogP contribution in [0, 0.1) is 0 Å². The Morgan fingerprint density at radius 1 is 1.39 bits per heavy atom. The van der Waals surface area contributed by atoms with E-state index in [1.54, 1.807) is 4.90 Å². The summed E-state index contributed by atoms with van der Waals surface area (Å²) < 4.78 is 5.35. The van der Waals surface area contributed by atoms with E-state index in [-0.39, 0.29) is 6.09 Å². The molecule has 0 aromatic rings. The lowest BCUT2D eigenvalue weighted by Gasteiger charge is -2.30. The summed E-state index contributed by atoms with van der Waals surface area (Å²) in [5.41, 5.74) is 0.795. The van der Waals surface area contributed by atoms with Crippen molar-refractivity contribution in [3.63, 3.8) is 0 Å². The Morgan fingerprint density at radius 2 is 2.00 bits per heavy atom. The van der Waals surface area contributed by atoms with Crippen molar-refractivity contribution in [1.29, 1.82) is 0 Å². The summed E-state index contributed by atoms with van der Waals surface area (Å²) in [5.74, 6) is 0. The fourth-order valence-electron chi connectivity index (χ4n) is 1.76. The quantitative estimate of drug-likeness (QED) is 0.781. The average molecular weight is 255 g/mol. The van der Waals surface area contributed by atoms with Crippen molar-refractivity contribution in [2.75, 3.05) is 33.2 Å². The first kappa shape index (κ1) is 15.0. The van der Waals surface area contributed by atoms with Crippen molar-refractivity contribution >= 4 is 11.8 Å². The molecule has 1 N–H and O–H groups in total. The van der Waals surface area contributed by atoms with E-state index in [0.717, 1.165) is 25.9 Å². The van der Waals surface area contributed by atoms with Crippen LogP contribution in [0.2, 0.25) is 0 Å². The minimum absolute atomic E-state index is 0.211. The van der Waals surface area contributed by atoms with Gasteiger partial charge in [-0.05, 0) is 27.8 Å². The second-order valence-corrected chi connectivity index (χ2v) is 5.52. The lowest BCUT2D eigenvalue weighted by Crippen LogP contribution is -2.42. The third-order valence-corrected chi connectivity index (χ3v) is 2.69. The maximum atomic E-state index is 11.8. The Kier molecular flexibility index (Phi) is 5.59. The topological polar surface area (TPSA) is 53.9 Å². The highest BCUT2D eigenvalue weighted by Crippen LogP contribution is 2.14. The van der Waals surface area contributed by atoms with Crippen molar-refractivity contribution in [2.24, 2.45) is 4.99 Å². The normalized spacial score (nSPS) is 16.7. The van der Waals surface area contributed by atoms with Crippen LogP contribution in [0.3, 0.4) is 0 Å². The summed E-state index contributed by atoms with van der Waals surface area (Å²) in [6.45, 7) is 8.82. The Bertz CT molecular complexity index is 298. The molecule has 1 amide bonds. The number of likely N-dealkylation sites (N-methyl/N-ethyl adjacent to an activating group) is 1. The number of nitrogens with one attached hydrogen (secondary N) is 1. The summed E-state index contributed by atoms with van der Waals surface area (Å²) in [4.78, 5) is 18.1. The zero-order valence-corrected chi connectivity index (χ0v) is 12.0. The van der Waals surface area contributed by atoms with Gasteiger partial charge in [-0.2, -0.15) is 0 Å². The van der Waals surface area contributed by atoms with Crippen molar-refractivity contribution in [3.8, 4) is 0 Å². The Morgan fingerprint density at radius 3 is 2.50 bits per heavy atom. The maximum absolute atomic E-state index is 11.8. The smallest absolute Gasteiger partial charge is 0.410 e. The molecule has 1 aliphatic heterocycles. The molecule has 18 heavy (non-hydrogen) atoms. The minimum atomic E-state index is -0.418. The van der Waals surface area contributed by atoms with Gasteiger partial charge in [0, 0.05) is 38.2 Å². The summed E-state index contributed by atoms with van der Waals surface area (Å²) in [6, 6.07) is 0. The van der Waals surface area contributed by atoms with Crippen molar-refractivity contribution in [3.05, 3.63) is 0 Å².